The first-order valence-electron chi connectivity index (χ1n) is 8.50. The molecule has 146 valence electrons. The third-order valence-corrected chi connectivity index (χ3v) is 6.36. The Kier molecular flexibility index (Phi) is 6.79. The number of aromatic nitrogens is 3. The van der Waals surface area contributed by atoms with Crippen LogP contribution in [0.3, 0.4) is 0 Å². The minimum atomic E-state index is -0.121. The summed E-state index contributed by atoms with van der Waals surface area (Å²) in [6.45, 7) is 4.55. The predicted molar refractivity (Wildman–Crippen MR) is 119 cm³/mol. The lowest BCUT2D eigenvalue weighted by atomic mass is 10.2. The highest BCUT2D eigenvalue weighted by atomic mass is 79.9. The molecule has 0 aliphatic heterocycles. The van der Waals surface area contributed by atoms with Crippen molar-refractivity contribution in [3.05, 3.63) is 50.9 Å². The van der Waals surface area contributed by atoms with Crippen molar-refractivity contribution in [1.82, 2.24) is 14.8 Å². The minimum Gasteiger partial charge on any atom is -0.507 e. The van der Waals surface area contributed by atoms with Crippen LogP contribution in [0.1, 0.15) is 12.5 Å². The molecule has 1 amide bonds. The first kappa shape index (κ1) is 20.9. The third-order valence-electron chi connectivity index (χ3n) is 4.01. The fourth-order valence-corrected chi connectivity index (χ4v) is 4.03. The minimum absolute atomic E-state index is 0.121. The first-order chi connectivity index (χ1) is 13.4. The van der Waals surface area contributed by atoms with Gasteiger partial charge in [0.2, 0.25) is 5.91 Å². The predicted octanol–water partition coefficient (Wildman–Crippen LogP) is 5.23. The fourth-order valence-electron chi connectivity index (χ4n) is 2.62. The number of rotatable bonds is 6. The number of carbonyl (C=O) groups excluding carboxylic acids is 1. The summed E-state index contributed by atoms with van der Waals surface area (Å²) in [5.74, 6) is 0.778. The van der Waals surface area contributed by atoms with E-state index < -0.39 is 0 Å². The maximum atomic E-state index is 12.3. The summed E-state index contributed by atoms with van der Waals surface area (Å²) in [7, 11) is 0. The Balaban J connectivity index is 1.72. The summed E-state index contributed by atoms with van der Waals surface area (Å²) in [6.07, 6.45) is 0. The van der Waals surface area contributed by atoms with Gasteiger partial charge in [-0.3, -0.25) is 4.79 Å². The van der Waals surface area contributed by atoms with Crippen LogP contribution in [0.2, 0.25) is 0 Å². The van der Waals surface area contributed by atoms with Crippen LogP contribution in [0.25, 0.3) is 11.4 Å². The number of phenolic OH excluding ortho intramolecular Hbond substituents is 1. The Morgan fingerprint density at radius 2 is 2.00 bits per heavy atom. The van der Waals surface area contributed by atoms with Gasteiger partial charge in [-0.15, -0.1) is 10.2 Å². The lowest BCUT2D eigenvalue weighted by molar-refractivity contribution is -0.113. The van der Waals surface area contributed by atoms with Gasteiger partial charge in [-0.05, 0) is 55.8 Å². The van der Waals surface area contributed by atoms with Crippen molar-refractivity contribution < 1.29 is 9.90 Å². The van der Waals surface area contributed by atoms with Crippen molar-refractivity contribution in [1.29, 1.82) is 0 Å². The van der Waals surface area contributed by atoms with Crippen LogP contribution in [-0.4, -0.2) is 31.5 Å². The van der Waals surface area contributed by atoms with Crippen molar-refractivity contribution in [2.45, 2.75) is 25.5 Å². The molecule has 2 aromatic carbocycles. The van der Waals surface area contributed by atoms with Crippen molar-refractivity contribution in [2.24, 2.45) is 0 Å². The van der Waals surface area contributed by atoms with Gasteiger partial charge in [-0.2, -0.15) is 0 Å². The van der Waals surface area contributed by atoms with Crippen LogP contribution in [0.4, 0.5) is 5.69 Å². The summed E-state index contributed by atoms with van der Waals surface area (Å²) in [5.41, 5.74) is 2.39. The molecule has 3 rings (SSSR count). The van der Waals surface area contributed by atoms with Crippen LogP contribution in [0.5, 0.6) is 5.75 Å². The van der Waals surface area contributed by atoms with Crippen LogP contribution in [0.15, 0.2) is 50.5 Å². The molecule has 0 bridgehead atoms. The molecule has 0 spiro atoms. The molecule has 0 unspecified atom stereocenters. The largest absolute Gasteiger partial charge is 0.507 e. The number of carbonyl (C=O) groups is 1. The number of nitrogens with one attached hydrogen (secondary N) is 1. The fraction of sp³-hybridized carbons (Fsp3) is 0.211. The Morgan fingerprint density at radius 1 is 1.21 bits per heavy atom. The number of amides is 1. The number of hydrogen-bond donors (Lipinski definition) is 2. The molecular weight excluding hydrogens is 508 g/mol. The second kappa shape index (κ2) is 9.11. The summed E-state index contributed by atoms with van der Waals surface area (Å²) in [4.78, 5) is 12.3. The normalized spacial score (nSPS) is 10.9. The standard InChI is InChI=1S/C19H18Br2N4O2S/c1-3-25-18(14-9-12(20)4-7-16(14)26)23-24-19(25)28-10-17(27)22-13-5-6-15(21)11(2)8-13/h4-9,26H,3,10H2,1-2H3,(H,22,27). The number of benzene rings is 2. The maximum absolute atomic E-state index is 12.3. The van der Waals surface area contributed by atoms with Gasteiger partial charge in [0, 0.05) is 21.2 Å². The number of nitrogens with zero attached hydrogens (tertiary/aromatic N) is 3. The highest BCUT2D eigenvalue weighted by Gasteiger charge is 2.17. The number of aromatic hydroxyl groups is 1. The zero-order valence-electron chi connectivity index (χ0n) is 15.2. The van der Waals surface area contributed by atoms with Crippen LogP contribution >= 0.6 is 43.6 Å². The summed E-state index contributed by atoms with van der Waals surface area (Å²) in [5, 5.41) is 22.1. The molecule has 0 atom stereocenters. The lowest BCUT2D eigenvalue weighted by Gasteiger charge is -2.09. The van der Waals surface area contributed by atoms with E-state index in [2.05, 4.69) is 47.4 Å². The highest BCUT2D eigenvalue weighted by molar-refractivity contribution is 9.10. The van der Waals surface area contributed by atoms with Crippen LogP contribution < -0.4 is 5.32 Å². The molecule has 0 saturated heterocycles. The second-order valence-electron chi connectivity index (χ2n) is 6.01. The van der Waals surface area contributed by atoms with E-state index in [4.69, 9.17) is 0 Å². The smallest absolute Gasteiger partial charge is 0.234 e. The number of anilines is 1. The van der Waals surface area contributed by atoms with Crippen molar-refractivity contribution in [2.75, 3.05) is 11.1 Å². The summed E-state index contributed by atoms with van der Waals surface area (Å²) < 4.78 is 3.71. The van der Waals surface area contributed by atoms with Gasteiger partial charge < -0.3 is 15.0 Å². The molecule has 6 nitrogen and oxygen atoms in total. The molecule has 0 aliphatic rings. The van der Waals surface area contributed by atoms with Crippen LogP contribution in [-0.2, 0) is 11.3 Å². The number of phenols is 1. The number of hydrogen-bond acceptors (Lipinski definition) is 5. The Labute approximate surface area is 184 Å². The Hall–Kier alpha value is -1.84. The van der Waals surface area contributed by atoms with Crippen molar-refractivity contribution in [3.63, 3.8) is 0 Å². The molecule has 0 saturated carbocycles. The average Bonchev–Trinajstić information content (AvgIpc) is 3.07. The maximum Gasteiger partial charge on any atom is 0.234 e. The SMILES string of the molecule is CCn1c(SCC(=O)Nc2ccc(Br)c(C)c2)nnc1-c1cc(Br)ccc1O. The van der Waals surface area contributed by atoms with E-state index in [1.807, 2.05) is 36.6 Å². The molecule has 9 heteroatoms. The molecule has 28 heavy (non-hydrogen) atoms. The van der Waals surface area contributed by atoms with Gasteiger partial charge in [-0.1, -0.05) is 43.6 Å². The topological polar surface area (TPSA) is 80.0 Å². The quantitative estimate of drug-likeness (QED) is 0.430. The lowest BCUT2D eigenvalue weighted by Crippen LogP contribution is -2.14. The molecule has 2 N–H and O–H groups in total. The second-order valence-corrected chi connectivity index (χ2v) is 8.73. The Morgan fingerprint density at radius 3 is 2.71 bits per heavy atom. The van der Waals surface area contributed by atoms with E-state index in [1.165, 1.54) is 11.8 Å². The summed E-state index contributed by atoms with van der Waals surface area (Å²) >= 11 is 8.16. The molecule has 0 fully saturated rings. The number of thioether (sulfide) groups is 1. The summed E-state index contributed by atoms with van der Waals surface area (Å²) in [6, 6.07) is 10.8. The van der Waals surface area contributed by atoms with Gasteiger partial charge in [0.15, 0.2) is 11.0 Å². The van der Waals surface area contributed by atoms with Gasteiger partial charge in [0.1, 0.15) is 5.75 Å². The number of aryl methyl sites for hydroxylation is 1. The molecule has 0 radical (unpaired) electrons. The molecule has 1 aromatic heterocycles. The molecule has 3 aromatic rings. The van der Waals surface area contributed by atoms with E-state index in [0.717, 1.165) is 20.2 Å². The van der Waals surface area contributed by atoms with E-state index in [9.17, 15) is 9.90 Å². The zero-order chi connectivity index (χ0) is 20.3. The number of halogens is 2. The first-order valence-corrected chi connectivity index (χ1v) is 11.1. The van der Waals surface area contributed by atoms with Gasteiger partial charge >= 0.3 is 0 Å². The van der Waals surface area contributed by atoms with E-state index in [0.29, 0.717) is 23.1 Å². The highest BCUT2D eigenvalue weighted by Crippen LogP contribution is 2.32. The average molecular weight is 526 g/mol. The molecular formula is C19H18Br2N4O2S. The van der Waals surface area contributed by atoms with E-state index >= 15 is 0 Å². The van der Waals surface area contributed by atoms with Gasteiger partial charge in [0.25, 0.3) is 0 Å². The van der Waals surface area contributed by atoms with E-state index in [1.54, 1.807) is 18.2 Å². The van der Waals surface area contributed by atoms with Gasteiger partial charge in [-0.25, -0.2) is 0 Å². The molecule has 1 heterocycles. The monoisotopic (exact) mass is 524 g/mol. The zero-order valence-corrected chi connectivity index (χ0v) is 19.2. The molecule has 0 aliphatic carbocycles. The van der Waals surface area contributed by atoms with Crippen molar-refractivity contribution >= 4 is 55.2 Å². The van der Waals surface area contributed by atoms with Crippen molar-refractivity contribution in [3.8, 4) is 17.1 Å². The Bertz CT molecular complexity index is 1020. The van der Waals surface area contributed by atoms with E-state index in [-0.39, 0.29) is 17.4 Å². The third kappa shape index (κ3) is 4.76. The van der Waals surface area contributed by atoms with Gasteiger partial charge in [0.05, 0.1) is 11.3 Å². The van der Waals surface area contributed by atoms with Crippen LogP contribution in [0, 0.1) is 6.92 Å².